The molecular formula is C15H23NO3. The van der Waals surface area contributed by atoms with Gasteiger partial charge in [-0.25, -0.2) is 4.79 Å². The number of carbonyl (C=O) groups excluding carboxylic acids is 1. The molecule has 0 fully saturated rings. The number of aliphatic hydroxyl groups is 1. The molecule has 0 aliphatic carbocycles. The molecule has 4 heteroatoms. The van der Waals surface area contributed by atoms with Crippen LogP contribution in [0.5, 0.6) is 0 Å². The summed E-state index contributed by atoms with van der Waals surface area (Å²) >= 11 is 0. The topological polar surface area (TPSA) is 58.6 Å². The number of hydrogen-bond acceptors (Lipinski definition) is 4. The molecule has 0 amide bonds. The summed E-state index contributed by atoms with van der Waals surface area (Å²) < 4.78 is 5.12. The van der Waals surface area contributed by atoms with Crippen LogP contribution < -0.4 is 5.32 Å². The van der Waals surface area contributed by atoms with Crippen LogP contribution in [0.1, 0.15) is 38.3 Å². The monoisotopic (exact) mass is 265 g/mol. The molecule has 1 aromatic carbocycles. The van der Waals surface area contributed by atoms with Crippen LogP contribution in [0, 0.1) is 0 Å². The van der Waals surface area contributed by atoms with E-state index in [2.05, 4.69) is 5.32 Å². The lowest BCUT2D eigenvalue weighted by Crippen LogP contribution is -2.38. The van der Waals surface area contributed by atoms with Crippen molar-refractivity contribution < 1.29 is 14.6 Å². The van der Waals surface area contributed by atoms with Crippen LogP contribution in [-0.4, -0.2) is 30.3 Å². The Kier molecular flexibility index (Phi) is 7.15. The van der Waals surface area contributed by atoms with Crippen molar-refractivity contribution in [2.75, 3.05) is 13.2 Å². The SMILES string of the molecule is CCOC(=O)C(NC(CC)CCO)c1ccccc1. The van der Waals surface area contributed by atoms with E-state index in [9.17, 15) is 4.79 Å². The summed E-state index contributed by atoms with van der Waals surface area (Å²) in [5.41, 5.74) is 0.886. The third kappa shape index (κ3) is 5.01. The van der Waals surface area contributed by atoms with Gasteiger partial charge >= 0.3 is 5.97 Å². The third-order valence-corrected chi connectivity index (χ3v) is 3.03. The van der Waals surface area contributed by atoms with Crippen molar-refractivity contribution in [3.05, 3.63) is 35.9 Å². The zero-order chi connectivity index (χ0) is 14.1. The van der Waals surface area contributed by atoms with Crippen LogP contribution in [0.3, 0.4) is 0 Å². The lowest BCUT2D eigenvalue weighted by Gasteiger charge is -2.23. The normalized spacial score (nSPS) is 13.8. The van der Waals surface area contributed by atoms with Crippen LogP contribution in [0.4, 0.5) is 0 Å². The maximum atomic E-state index is 12.1. The quantitative estimate of drug-likeness (QED) is 0.706. The van der Waals surface area contributed by atoms with Crippen molar-refractivity contribution in [2.45, 2.75) is 38.8 Å². The molecule has 1 aromatic rings. The van der Waals surface area contributed by atoms with Crippen LogP contribution in [0.2, 0.25) is 0 Å². The fraction of sp³-hybridized carbons (Fsp3) is 0.533. The van der Waals surface area contributed by atoms with Gasteiger partial charge in [0.1, 0.15) is 6.04 Å². The van der Waals surface area contributed by atoms with E-state index in [1.54, 1.807) is 6.92 Å². The first-order valence-corrected chi connectivity index (χ1v) is 6.81. The van der Waals surface area contributed by atoms with E-state index in [0.29, 0.717) is 13.0 Å². The average molecular weight is 265 g/mol. The van der Waals surface area contributed by atoms with Gasteiger partial charge < -0.3 is 9.84 Å². The fourth-order valence-corrected chi connectivity index (χ4v) is 1.97. The van der Waals surface area contributed by atoms with Crippen LogP contribution in [0.15, 0.2) is 30.3 Å². The molecule has 2 atom stereocenters. The molecule has 0 bridgehead atoms. The van der Waals surface area contributed by atoms with E-state index < -0.39 is 6.04 Å². The number of benzene rings is 1. The van der Waals surface area contributed by atoms with E-state index in [1.165, 1.54) is 0 Å². The molecule has 0 spiro atoms. The van der Waals surface area contributed by atoms with Gasteiger partial charge in [0.05, 0.1) is 6.61 Å². The largest absolute Gasteiger partial charge is 0.465 e. The van der Waals surface area contributed by atoms with E-state index >= 15 is 0 Å². The number of rotatable bonds is 8. The second-order valence-electron chi connectivity index (χ2n) is 4.38. The summed E-state index contributed by atoms with van der Waals surface area (Å²) in [4.78, 5) is 12.1. The van der Waals surface area contributed by atoms with Gasteiger partial charge in [-0.1, -0.05) is 37.3 Å². The highest BCUT2D eigenvalue weighted by atomic mass is 16.5. The first kappa shape index (κ1) is 15.7. The number of aliphatic hydroxyl groups excluding tert-OH is 1. The van der Waals surface area contributed by atoms with E-state index in [4.69, 9.17) is 9.84 Å². The molecular weight excluding hydrogens is 242 g/mol. The molecule has 1 rings (SSSR count). The molecule has 106 valence electrons. The summed E-state index contributed by atoms with van der Waals surface area (Å²) in [5.74, 6) is -0.273. The minimum Gasteiger partial charge on any atom is -0.465 e. The zero-order valence-electron chi connectivity index (χ0n) is 11.6. The molecule has 2 N–H and O–H groups in total. The predicted octanol–water partition coefficient (Wildman–Crippen LogP) is 2.04. The van der Waals surface area contributed by atoms with Gasteiger partial charge in [0.15, 0.2) is 0 Å². The first-order chi connectivity index (χ1) is 9.22. The van der Waals surface area contributed by atoms with E-state index in [-0.39, 0.29) is 18.6 Å². The standard InChI is InChI=1S/C15H23NO3/c1-3-13(10-11-17)16-14(15(18)19-4-2)12-8-6-5-7-9-12/h5-9,13-14,16-17H,3-4,10-11H2,1-2H3. The highest BCUT2D eigenvalue weighted by Gasteiger charge is 2.24. The van der Waals surface area contributed by atoms with Crippen molar-refractivity contribution in [1.82, 2.24) is 5.32 Å². The number of ether oxygens (including phenoxy) is 1. The van der Waals surface area contributed by atoms with Gasteiger partial charge in [-0.3, -0.25) is 5.32 Å². The predicted molar refractivity (Wildman–Crippen MR) is 74.7 cm³/mol. The Morgan fingerprint density at radius 2 is 2.00 bits per heavy atom. The van der Waals surface area contributed by atoms with E-state index in [0.717, 1.165) is 12.0 Å². The molecule has 0 radical (unpaired) electrons. The number of hydrogen-bond donors (Lipinski definition) is 2. The van der Waals surface area contributed by atoms with Gasteiger partial charge in [0.25, 0.3) is 0 Å². The summed E-state index contributed by atoms with van der Waals surface area (Å²) in [6.07, 6.45) is 1.47. The Morgan fingerprint density at radius 1 is 1.32 bits per heavy atom. The second kappa shape index (κ2) is 8.67. The number of carbonyl (C=O) groups is 1. The Labute approximate surface area is 114 Å². The van der Waals surface area contributed by atoms with Gasteiger partial charge in [0, 0.05) is 12.6 Å². The molecule has 0 aromatic heterocycles. The molecule has 4 nitrogen and oxygen atoms in total. The lowest BCUT2D eigenvalue weighted by molar-refractivity contribution is -0.146. The van der Waals surface area contributed by atoms with Crippen LogP contribution in [0.25, 0.3) is 0 Å². The maximum Gasteiger partial charge on any atom is 0.327 e. The number of nitrogens with one attached hydrogen (secondary N) is 1. The zero-order valence-corrected chi connectivity index (χ0v) is 11.6. The van der Waals surface area contributed by atoms with Crippen LogP contribution in [-0.2, 0) is 9.53 Å². The molecule has 0 aliphatic heterocycles. The molecule has 19 heavy (non-hydrogen) atoms. The van der Waals surface area contributed by atoms with E-state index in [1.807, 2.05) is 37.3 Å². The lowest BCUT2D eigenvalue weighted by atomic mass is 10.0. The second-order valence-corrected chi connectivity index (χ2v) is 4.38. The smallest absolute Gasteiger partial charge is 0.327 e. The van der Waals surface area contributed by atoms with Gasteiger partial charge in [-0.2, -0.15) is 0 Å². The summed E-state index contributed by atoms with van der Waals surface area (Å²) in [6, 6.07) is 9.14. The number of esters is 1. The molecule has 2 unspecified atom stereocenters. The Balaban J connectivity index is 2.83. The minimum absolute atomic E-state index is 0.0969. The maximum absolute atomic E-state index is 12.1. The third-order valence-electron chi connectivity index (χ3n) is 3.03. The summed E-state index contributed by atoms with van der Waals surface area (Å²) in [5, 5.41) is 12.3. The Bertz CT molecular complexity index is 367. The highest BCUT2D eigenvalue weighted by molar-refractivity contribution is 5.77. The summed E-state index contributed by atoms with van der Waals surface area (Å²) in [7, 11) is 0. The summed E-state index contributed by atoms with van der Waals surface area (Å²) in [6.45, 7) is 4.29. The highest BCUT2D eigenvalue weighted by Crippen LogP contribution is 2.16. The van der Waals surface area contributed by atoms with Crippen molar-refractivity contribution in [3.8, 4) is 0 Å². The average Bonchev–Trinajstić information content (AvgIpc) is 2.44. The van der Waals surface area contributed by atoms with Crippen molar-refractivity contribution in [3.63, 3.8) is 0 Å². The fourth-order valence-electron chi connectivity index (χ4n) is 1.97. The van der Waals surface area contributed by atoms with Gasteiger partial charge in [0.2, 0.25) is 0 Å². The molecule has 0 saturated heterocycles. The molecule has 0 aliphatic rings. The van der Waals surface area contributed by atoms with Gasteiger partial charge in [-0.05, 0) is 25.3 Å². The Hall–Kier alpha value is -1.39. The molecule has 0 saturated carbocycles. The van der Waals surface area contributed by atoms with Crippen molar-refractivity contribution >= 4 is 5.97 Å². The van der Waals surface area contributed by atoms with Crippen LogP contribution >= 0.6 is 0 Å². The first-order valence-electron chi connectivity index (χ1n) is 6.81. The van der Waals surface area contributed by atoms with Crippen molar-refractivity contribution in [1.29, 1.82) is 0 Å². The van der Waals surface area contributed by atoms with Crippen molar-refractivity contribution in [2.24, 2.45) is 0 Å². The molecule has 0 heterocycles. The minimum atomic E-state index is -0.474. The Morgan fingerprint density at radius 3 is 2.53 bits per heavy atom. The van der Waals surface area contributed by atoms with Gasteiger partial charge in [-0.15, -0.1) is 0 Å².